The molecule has 23 heavy (non-hydrogen) atoms. The maximum absolute atomic E-state index is 4.36. The lowest BCUT2D eigenvalue weighted by atomic mass is 10.1. The lowest BCUT2D eigenvalue weighted by Crippen LogP contribution is -2.47. The molecule has 1 aromatic heterocycles. The van der Waals surface area contributed by atoms with Gasteiger partial charge in [0.15, 0.2) is 5.96 Å². The Bertz CT molecular complexity index is 507. The summed E-state index contributed by atoms with van der Waals surface area (Å²) in [6.07, 6.45) is 6.13. The maximum atomic E-state index is 4.36. The monoisotopic (exact) mass is 320 g/mol. The van der Waals surface area contributed by atoms with Crippen molar-refractivity contribution in [3.05, 3.63) is 18.0 Å². The topological polar surface area (TPSA) is 57.5 Å². The average Bonchev–Trinajstić information content (AvgIpc) is 3.08. The van der Waals surface area contributed by atoms with Crippen molar-refractivity contribution in [1.29, 1.82) is 0 Å². The van der Waals surface area contributed by atoms with Gasteiger partial charge in [-0.2, -0.15) is 5.10 Å². The highest BCUT2D eigenvalue weighted by atomic mass is 15.3. The van der Waals surface area contributed by atoms with Crippen LogP contribution in [0.2, 0.25) is 0 Å². The molecule has 2 unspecified atom stereocenters. The third-order valence-corrected chi connectivity index (χ3v) is 4.61. The Morgan fingerprint density at radius 1 is 1.43 bits per heavy atom. The summed E-state index contributed by atoms with van der Waals surface area (Å²) in [4.78, 5) is 6.89. The lowest BCUT2D eigenvalue weighted by molar-refractivity contribution is 0.265. The Labute approximate surface area is 140 Å². The van der Waals surface area contributed by atoms with Crippen LogP contribution in [0.1, 0.15) is 32.8 Å². The zero-order valence-electron chi connectivity index (χ0n) is 15.2. The van der Waals surface area contributed by atoms with Gasteiger partial charge in [-0.15, -0.1) is 0 Å². The van der Waals surface area contributed by atoms with E-state index in [9.17, 15) is 0 Å². The number of hydrogen-bond donors (Lipinski definition) is 2. The van der Waals surface area contributed by atoms with Crippen molar-refractivity contribution >= 4 is 5.96 Å². The van der Waals surface area contributed by atoms with Gasteiger partial charge in [0, 0.05) is 52.0 Å². The van der Waals surface area contributed by atoms with E-state index in [4.69, 9.17) is 0 Å². The molecule has 0 radical (unpaired) electrons. The van der Waals surface area contributed by atoms with E-state index >= 15 is 0 Å². The van der Waals surface area contributed by atoms with Crippen LogP contribution >= 0.6 is 0 Å². The third-order valence-electron chi connectivity index (χ3n) is 4.61. The molecule has 2 atom stereocenters. The second-order valence-corrected chi connectivity index (χ2v) is 6.90. The molecule has 0 spiro atoms. The van der Waals surface area contributed by atoms with Crippen LogP contribution in [0.15, 0.2) is 17.4 Å². The van der Waals surface area contributed by atoms with E-state index in [0.29, 0.717) is 18.0 Å². The minimum atomic E-state index is 0.474. The predicted molar refractivity (Wildman–Crippen MR) is 95.7 cm³/mol. The molecule has 0 aliphatic carbocycles. The molecule has 6 heteroatoms. The van der Waals surface area contributed by atoms with Gasteiger partial charge in [0.2, 0.25) is 0 Å². The number of guanidine groups is 1. The summed E-state index contributed by atoms with van der Waals surface area (Å²) in [6.45, 7) is 10.0. The Hall–Kier alpha value is -1.56. The molecular weight excluding hydrogens is 288 g/mol. The number of rotatable bonds is 6. The molecule has 1 aliphatic rings. The standard InChI is InChI=1S/C17H32N6/c1-13(2)23-10-14(3)16(12-23)21-17(18-4)19-8-6-7-15-9-20-22(5)11-15/h9,11,13-14,16H,6-8,10,12H2,1-5H3,(H2,18,19,21). The minimum absolute atomic E-state index is 0.474. The molecule has 0 amide bonds. The van der Waals surface area contributed by atoms with Crippen molar-refractivity contribution in [1.82, 2.24) is 25.3 Å². The first kappa shape index (κ1) is 17.8. The second-order valence-electron chi connectivity index (χ2n) is 6.90. The number of hydrogen-bond acceptors (Lipinski definition) is 3. The van der Waals surface area contributed by atoms with Crippen molar-refractivity contribution in [2.45, 2.75) is 45.7 Å². The summed E-state index contributed by atoms with van der Waals surface area (Å²) in [5.74, 6) is 1.56. The fourth-order valence-electron chi connectivity index (χ4n) is 3.08. The fraction of sp³-hybridized carbons (Fsp3) is 0.765. The van der Waals surface area contributed by atoms with Gasteiger partial charge in [-0.3, -0.25) is 14.6 Å². The molecule has 130 valence electrons. The number of nitrogens with zero attached hydrogens (tertiary/aromatic N) is 4. The fourth-order valence-corrected chi connectivity index (χ4v) is 3.08. The van der Waals surface area contributed by atoms with Crippen LogP contribution in [0.3, 0.4) is 0 Å². The first-order chi connectivity index (χ1) is 11.0. The molecule has 6 nitrogen and oxygen atoms in total. The van der Waals surface area contributed by atoms with Crippen molar-refractivity contribution in [3.63, 3.8) is 0 Å². The molecule has 0 aromatic carbocycles. The first-order valence-corrected chi connectivity index (χ1v) is 8.68. The Morgan fingerprint density at radius 3 is 2.78 bits per heavy atom. The van der Waals surface area contributed by atoms with Gasteiger partial charge in [-0.1, -0.05) is 6.92 Å². The Balaban J connectivity index is 1.71. The zero-order chi connectivity index (χ0) is 16.8. The summed E-state index contributed by atoms with van der Waals surface area (Å²) in [5, 5.41) is 11.2. The number of likely N-dealkylation sites (tertiary alicyclic amines) is 1. The van der Waals surface area contributed by atoms with Crippen molar-refractivity contribution < 1.29 is 0 Å². The SMILES string of the molecule is CN=C(NCCCc1cnn(C)c1)NC1CN(C(C)C)CC1C. The number of aromatic nitrogens is 2. The maximum Gasteiger partial charge on any atom is 0.191 e. The summed E-state index contributed by atoms with van der Waals surface area (Å²) >= 11 is 0. The highest BCUT2D eigenvalue weighted by molar-refractivity contribution is 5.80. The molecule has 2 heterocycles. The molecule has 1 aromatic rings. The minimum Gasteiger partial charge on any atom is -0.356 e. The predicted octanol–water partition coefficient (Wildman–Crippen LogP) is 1.25. The molecule has 2 rings (SSSR count). The van der Waals surface area contributed by atoms with E-state index in [1.165, 1.54) is 5.56 Å². The van der Waals surface area contributed by atoms with Crippen LogP contribution in [0.25, 0.3) is 0 Å². The molecule has 2 N–H and O–H groups in total. The van der Waals surface area contributed by atoms with Gasteiger partial charge in [0.1, 0.15) is 0 Å². The lowest BCUT2D eigenvalue weighted by Gasteiger charge is -2.21. The highest BCUT2D eigenvalue weighted by Gasteiger charge is 2.31. The number of nitrogens with one attached hydrogen (secondary N) is 2. The zero-order valence-corrected chi connectivity index (χ0v) is 15.2. The van der Waals surface area contributed by atoms with E-state index < -0.39 is 0 Å². The molecule has 1 fully saturated rings. The summed E-state index contributed by atoms with van der Waals surface area (Å²) in [5.41, 5.74) is 1.29. The molecular formula is C17H32N6. The third kappa shape index (κ3) is 5.23. The van der Waals surface area contributed by atoms with Crippen LogP contribution in [0.4, 0.5) is 0 Å². The van der Waals surface area contributed by atoms with Crippen molar-refractivity contribution in [2.75, 3.05) is 26.7 Å². The number of aliphatic imine (C=N–C) groups is 1. The van der Waals surface area contributed by atoms with Crippen LogP contribution < -0.4 is 10.6 Å². The second kappa shape index (κ2) is 8.34. The highest BCUT2D eigenvalue weighted by Crippen LogP contribution is 2.18. The van der Waals surface area contributed by atoms with Crippen LogP contribution in [-0.4, -0.2) is 59.4 Å². The van der Waals surface area contributed by atoms with Crippen LogP contribution in [-0.2, 0) is 13.5 Å². The summed E-state index contributed by atoms with van der Waals surface area (Å²) in [6, 6.07) is 1.08. The van der Waals surface area contributed by atoms with Gasteiger partial charge in [-0.25, -0.2) is 0 Å². The van der Waals surface area contributed by atoms with Gasteiger partial charge in [0.05, 0.1) is 6.20 Å². The van der Waals surface area contributed by atoms with Crippen molar-refractivity contribution in [2.24, 2.45) is 18.0 Å². The van der Waals surface area contributed by atoms with E-state index in [-0.39, 0.29) is 0 Å². The van der Waals surface area contributed by atoms with Gasteiger partial charge in [-0.05, 0) is 38.2 Å². The number of aryl methyl sites for hydroxylation is 2. The van der Waals surface area contributed by atoms with Crippen LogP contribution in [0, 0.1) is 5.92 Å². The molecule has 0 saturated carbocycles. The van der Waals surface area contributed by atoms with Crippen molar-refractivity contribution in [3.8, 4) is 0 Å². The van der Waals surface area contributed by atoms with E-state index in [2.05, 4.69) is 52.6 Å². The normalized spacial score (nSPS) is 22.8. The first-order valence-electron chi connectivity index (χ1n) is 8.68. The van der Waals surface area contributed by atoms with Gasteiger partial charge >= 0.3 is 0 Å². The molecule has 0 bridgehead atoms. The quantitative estimate of drug-likeness (QED) is 0.470. The van der Waals surface area contributed by atoms with Crippen LogP contribution in [0.5, 0.6) is 0 Å². The van der Waals surface area contributed by atoms with E-state index in [1.807, 2.05) is 25.0 Å². The van der Waals surface area contributed by atoms with E-state index in [0.717, 1.165) is 38.4 Å². The summed E-state index contributed by atoms with van der Waals surface area (Å²) < 4.78 is 1.85. The largest absolute Gasteiger partial charge is 0.356 e. The van der Waals surface area contributed by atoms with Gasteiger partial charge < -0.3 is 10.6 Å². The molecule has 1 aliphatic heterocycles. The average molecular weight is 320 g/mol. The smallest absolute Gasteiger partial charge is 0.191 e. The molecule has 1 saturated heterocycles. The van der Waals surface area contributed by atoms with Gasteiger partial charge in [0.25, 0.3) is 0 Å². The van der Waals surface area contributed by atoms with E-state index in [1.54, 1.807) is 0 Å². The Morgan fingerprint density at radius 2 is 2.22 bits per heavy atom. The summed E-state index contributed by atoms with van der Waals surface area (Å²) in [7, 11) is 3.80. The Kier molecular flexibility index (Phi) is 6.45.